The van der Waals surface area contributed by atoms with Gasteiger partial charge < -0.3 is 4.74 Å². The topological polar surface area (TPSA) is 49.9 Å². The van der Waals surface area contributed by atoms with Gasteiger partial charge in [0.05, 0.1) is 6.61 Å². The number of thiophene rings is 1. The Hall–Kier alpha value is -1.41. The maximum absolute atomic E-state index is 12.8. The van der Waals surface area contributed by atoms with Gasteiger partial charge in [0, 0.05) is 49.1 Å². The average molecular weight is 379 g/mol. The van der Waals surface area contributed by atoms with Crippen LogP contribution in [0, 0.1) is 6.92 Å². The third kappa shape index (κ3) is 3.21. The molecule has 1 atom stereocenters. The molecule has 0 spiro atoms. The second-order valence-corrected chi connectivity index (χ2v) is 9.95. The molecule has 2 aromatic rings. The maximum atomic E-state index is 12.8. The Morgan fingerprint density at radius 1 is 1.08 bits per heavy atom. The smallest absolute Gasteiger partial charge is 0.252 e. The molecule has 1 saturated heterocycles. The number of rotatable bonds is 3. The number of fused-ring (bicyclic) bond motifs is 1. The molecule has 2 aliphatic heterocycles. The first kappa shape index (κ1) is 17.0. The maximum Gasteiger partial charge on any atom is 0.252 e. The van der Waals surface area contributed by atoms with E-state index in [1.165, 1.54) is 16.9 Å². The number of sulfonamides is 1. The molecule has 1 unspecified atom stereocenters. The van der Waals surface area contributed by atoms with Crippen molar-refractivity contribution in [2.45, 2.75) is 23.6 Å². The van der Waals surface area contributed by atoms with Gasteiger partial charge in [-0.05, 0) is 25.1 Å². The summed E-state index contributed by atoms with van der Waals surface area (Å²) < 4.78 is 33.4. The summed E-state index contributed by atoms with van der Waals surface area (Å²) in [6.07, 6.45) is 0.952. The van der Waals surface area contributed by atoms with Crippen LogP contribution in [0.25, 0.3) is 0 Å². The van der Waals surface area contributed by atoms with Crippen LogP contribution in [0.1, 0.15) is 22.9 Å². The molecule has 1 aromatic heterocycles. The van der Waals surface area contributed by atoms with E-state index in [-0.39, 0.29) is 0 Å². The highest BCUT2D eigenvalue weighted by Gasteiger charge is 2.34. The monoisotopic (exact) mass is 378 g/mol. The molecule has 0 aliphatic carbocycles. The second-order valence-electron chi connectivity index (χ2n) is 6.50. The third-order valence-corrected chi connectivity index (χ3v) is 8.32. The van der Waals surface area contributed by atoms with Gasteiger partial charge in [-0.1, -0.05) is 18.2 Å². The fourth-order valence-electron chi connectivity index (χ4n) is 3.64. The molecule has 0 radical (unpaired) electrons. The van der Waals surface area contributed by atoms with E-state index in [2.05, 4.69) is 11.0 Å². The normalized spacial score (nSPS) is 22.4. The zero-order valence-corrected chi connectivity index (χ0v) is 15.9. The Bertz CT molecular complexity index is 855. The van der Waals surface area contributed by atoms with Gasteiger partial charge in [-0.2, -0.15) is 4.31 Å². The van der Waals surface area contributed by atoms with Crippen molar-refractivity contribution < 1.29 is 13.2 Å². The molecule has 1 fully saturated rings. The van der Waals surface area contributed by atoms with Crippen LogP contribution >= 0.6 is 11.3 Å². The largest absolute Gasteiger partial charge is 0.493 e. The van der Waals surface area contributed by atoms with Gasteiger partial charge >= 0.3 is 0 Å². The lowest BCUT2D eigenvalue weighted by Crippen LogP contribution is -2.50. The van der Waals surface area contributed by atoms with Crippen LogP contribution in [0.3, 0.4) is 0 Å². The number of aryl methyl sites for hydroxylation is 1. The Morgan fingerprint density at radius 2 is 1.84 bits per heavy atom. The molecule has 25 heavy (non-hydrogen) atoms. The fraction of sp³-hybridized carbons (Fsp3) is 0.444. The molecule has 0 saturated carbocycles. The van der Waals surface area contributed by atoms with Crippen molar-refractivity contribution in [1.82, 2.24) is 9.21 Å². The highest BCUT2D eigenvalue weighted by atomic mass is 32.2. The van der Waals surface area contributed by atoms with Crippen LogP contribution in [-0.2, 0) is 10.0 Å². The number of hydrogen-bond acceptors (Lipinski definition) is 5. The van der Waals surface area contributed by atoms with Crippen molar-refractivity contribution in [3.8, 4) is 5.75 Å². The quantitative estimate of drug-likeness (QED) is 0.824. The first-order valence-corrected chi connectivity index (χ1v) is 10.8. The molecule has 0 N–H and O–H groups in total. The molecule has 1 aromatic carbocycles. The molecular formula is C18H22N2O3S2. The molecule has 4 rings (SSSR count). The van der Waals surface area contributed by atoms with E-state index in [1.54, 1.807) is 10.4 Å². The molecule has 2 aliphatic rings. The lowest BCUT2D eigenvalue weighted by atomic mass is 9.98. The Labute approximate surface area is 152 Å². The summed E-state index contributed by atoms with van der Waals surface area (Å²) in [5.74, 6) is 0.961. The van der Waals surface area contributed by atoms with Gasteiger partial charge in [-0.3, -0.25) is 4.90 Å². The molecular weight excluding hydrogens is 356 g/mol. The minimum absolute atomic E-state index is 0.318. The van der Waals surface area contributed by atoms with Crippen molar-refractivity contribution >= 4 is 21.4 Å². The van der Waals surface area contributed by atoms with E-state index in [9.17, 15) is 8.42 Å². The van der Waals surface area contributed by atoms with Crippen LogP contribution in [-0.4, -0.2) is 50.4 Å². The van der Waals surface area contributed by atoms with E-state index in [0.717, 1.165) is 30.1 Å². The minimum atomic E-state index is -3.36. The van der Waals surface area contributed by atoms with Crippen molar-refractivity contribution in [1.29, 1.82) is 0 Å². The number of benzene rings is 1. The third-order valence-electron chi connectivity index (χ3n) is 4.95. The summed E-state index contributed by atoms with van der Waals surface area (Å²) in [5.41, 5.74) is 1.22. The van der Waals surface area contributed by atoms with Crippen molar-refractivity contribution in [2.24, 2.45) is 0 Å². The van der Waals surface area contributed by atoms with Crippen LogP contribution in [0.15, 0.2) is 40.6 Å². The van der Waals surface area contributed by atoms with E-state index in [0.29, 0.717) is 29.9 Å². The summed E-state index contributed by atoms with van der Waals surface area (Å²) in [6.45, 7) is 5.24. The van der Waals surface area contributed by atoms with Gasteiger partial charge in [-0.15, -0.1) is 11.3 Å². The van der Waals surface area contributed by atoms with E-state index < -0.39 is 10.0 Å². The van der Waals surface area contributed by atoms with Crippen molar-refractivity contribution in [3.63, 3.8) is 0 Å². The van der Waals surface area contributed by atoms with Crippen LogP contribution in [0.5, 0.6) is 5.75 Å². The van der Waals surface area contributed by atoms with Gasteiger partial charge in [0.15, 0.2) is 0 Å². The molecule has 134 valence electrons. The van der Waals surface area contributed by atoms with Gasteiger partial charge in [0.2, 0.25) is 0 Å². The Morgan fingerprint density at radius 3 is 2.56 bits per heavy atom. The van der Waals surface area contributed by atoms with Crippen molar-refractivity contribution in [3.05, 3.63) is 46.8 Å². The van der Waals surface area contributed by atoms with Crippen LogP contribution in [0.4, 0.5) is 0 Å². The number of ether oxygens (including phenoxy) is 1. The number of nitrogens with zero attached hydrogens (tertiary/aromatic N) is 2. The van der Waals surface area contributed by atoms with E-state index in [4.69, 9.17) is 4.74 Å². The predicted molar refractivity (Wildman–Crippen MR) is 98.7 cm³/mol. The second kappa shape index (κ2) is 6.72. The zero-order valence-electron chi connectivity index (χ0n) is 14.2. The van der Waals surface area contributed by atoms with Crippen LogP contribution in [0.2, 0.25) is 0 Å². The lowest BCUT2D eigenvalue weighted by Gasteiger charge is -2.40. The first-order chi connectivity index (χ1) is 12.1. The summed E-state index contributed by atoms with van der Waals surface area (Å²) in [7, 11) is -3.36. The summed E-state index contributed by atoms with van der Waals surface area (Å²) in [4.78, 5) is 3.42. The minimum Gasteiger partial charge on any atom is -0.493 e. The number of hydrogen-bond donors (Lipinski definition) is 0. The van der Waals surface area contributed by atoms with Gasteiger partial charge in [-0.25, -0.2) is 8.42 Å². The molecule has 7 heteroatoms. The predicted octanol–water partition coefficient (Wildman–Crippen LogP) is 2.89. The average Bonchev–Trinajstić information content (AvgIpc) is 3.09. The molecule has 5 nitrogen and oxygen atoms in total. The molecule has 0 bridgehead atoms. The fourth-order valence-corrected chi connectivity index (χ4v) is 6.50. The summed E-state index contributed by atoms with van der Waals surface area (Å²) in [6, 6.07) is 12.1. The van der Waals surface area contributed by atoms with Crippen LogP contribution < -0.4 is 4.74 Å². The molecule has 0 amide bonds. The zero-order chi connectivity index (χ0) is 17.4. The highest BCUT2D eigenvalue weighted by Crippen LogP contribution is 2.36. The van der Waals surface area contributed by atoms with Gasteiger partial charge in [0.25, 0.3) is 10.0 Å². The lowest BCUT2D eigenvalue weighted by molar-refractivity contribution is 0.103. The Kier molecular flexibility index (Phi) is 4.58. The highest BCUT2D eigenvalue weighted by molar-refractivity contribution is 7.91. The SMILES string of the molecule is Cc1ccc(S(=O)(=O)N2CCN(C3CCOc4ccccc43)CC2)s1. The standard InChI is InChI=1S/C18H22N2O3S2/c1-14-6-7-18(24-14)25(21,22)20-11-9-19(10-12-20)16-8-13-23-17-5-3-2-4-15(16)17/h2-7,16H,8-13H2,1H3. The summed E-state index contributed by atoms with van der Waals surface area (Å²) in [5, 5.41) is 0. The summed E-state index contributed by atoms with van der Waals surface area (Å²) >= 11 is 1.35. The number of para-hydroxylation sites is 1. The van der Waals surface area contributed by atoms with Gasteiger partial charge in [0.1, 0.15) is 9.96 Å². The first-order valence-electron chi connectivity index (χ1n) is 8.58. The number of piperazine rings is 1. The van der Waals surface area contributed by atoms with E-state index in [1.807, 2.05) is 31.2 Å². The molecule has 3 heterocycles. The van der Waals surface area contributed by atoms with Crippen molar-refractivity contribution in [2.75, 3.05) is 32.8 Å². The van der Waals surface area contributed by atoms with E-state index >= 15 is 0 Å². The Balaban J connectivity index is 1.47.